The molecule has 27 heavy (non-hydrogen) atoms. The van der Waals surface area contributed by atoms with Crippen LogP contribution in [0.5, 0.6) is 5.75 Å². The average molecular weight is 373 g/mol. The molecule has 0 radical (unpaired) electrons. The molecule has 1 aromatic rings. The summed E-state index contributed by atoms with van der Waals surface area (Å²) in [5.41, 5.74) is -1.59. The standard InChI is InChI=1S/C19H23N3O5/c1-22-9-17-8-18(12-6-10(23)2-3-11(12)14(17)25)7-13(24)21-16(26)20-5-4-19(18,27)15(17)22/h2-3,6,14-15,23,25,27H,4-5,7-9H2,1H3,(H2,20,21,24,26)/t14-,15-,17?,18+,19-/m1/s1. The number of imide groups is 1. The van der Waals surface area contributed by atoms with Crippen molar-refractivity contribution in [3.05, 3.63) is 29.3 Å². The van der Waals surface area contributed by atoms with Crippen LogP contribution in [0.3, 0.4) is 0 Å². The van der Waals surface area contributed by atoms with E-state index in [9.17, 15) is 24.9 Å². The molecule has 2 saturated heterocycles. The van der Waals surface area contributed by atoms with Gasteiger partial charge in [0.2, 0.25) is 5.91 Å². The predicted molar refractivity (Wildman–Crippen MR) is 93.9 cm³/mol. The topological polar surface area (TPSA) is 122 Å². The molecule has 2 bridgehead atoms. The number of phenols is 1. The molecule has 0 aromatic heterocycles. The van der Waals surface area contributed by atoms with Gasteiger partial charge in [-0.15, -0.1) is 0 Å². The van der Waals surface area contributed by atoms with Crippen LogP contribution in [-0.2, 0) is 10.2 Å². The van der Waals surface area contributed by atoms with Gasteiger partial charge in [-0.05, 0) is 43.1 Å². The molecule has 1 unspecified atom stereocenters. The number of aromatic hydroxyl groups is 1. The zero-order valence-corrected chi connectivity index (χ0v) is 15.0. The van der Waals surface area contributed by atoms with E-state index in [1.165, 1.54) is 6.07 Å². The van der Waals surface area contributed by atoms with Gasteiger partial charge in [-0.2, -0.15) is 0 Å². The van der Waals surface area contributed by atoms with E-state index in [1.54, 1.807) is 12.1 Å². The van der Waals surface area contributed by atoms with Crippen LogP contribution in [0, 0.1) is 5.41 Å². The fraction of sp³-hybridized carbons (Fsp3) is 0.579. The Kier molecular flexibility index (Phi) is 3.15. The second kappa shape index (κ2) is 5.01. The number of nitrogens with one attached hydrogen (secondary N) is 2. The highest BCUT2D eigenvalue weighted by Gasteiger charge is 2.79. The van der Waals surface area contributed by atoms with Gasteiger partial charge >= 0.3 is 6.03 Å². The summed E-state index contributed by atoms with van der Waals surface area (Å²) in [4.78, 5) is 26.5. The van der Waals surface area contributed by atoms with Crippen molar-refractivity contribution in [3.8, 4) is 5.75 Å². The summed E-state index contributed by atoms with van der Waals surface area (Å²) in [6.45, 7) is 0.833. The van der Waals surface area contributed by atoms with Crippen molar-refractivity contribution < 1.29 is 24.9 Å². The van der Waals surface area contributed by atoms with E-state index >= 15 is 0 Å². The Morgan fingerprint density at radius 2 is 2.07 bits per heavy atom. The number of carbonyl (C=O) groups excluding carboxylic acids is 2. The Morgan fingerprint density at radius 1 is 1.30 bits per heavy atom. The minimum absolute atomic E-state index is 0.0238. The summed E-state index contributed by atoms with van der Waals surface area (Å²) in [6, 6.07) is 3.86. The number of amides is 3. The lowest BCUT2D eigenvalue weighted by molar-refractivity contribution is -0.173. The third kappa shape index (κ3) is 1.83. The van der Waals surface area contributed by atoms with Crippen LogP contribution in [0.15, 0.2) is 18.2 Å². The SMILES string of the molecule is CN1CC23C[C@@]4(CC(=O)NC(=O)NCC[C@@]4(O)[C@H]12)c1cc(O)ccc1[C@H]3O. The van der Waals surface area contributed by atoms with Crippen LogP contribution in [0.4, 0.5) is 4.79 Å². The lowest BCUT2D eigenvalue weighted by Gasteiger charge is -2.58. The summed E-state index contributed by atoms with van der Waals surface area (Å²) in [6.07, 6.45) is -0.166. The van der Waals surface area contributed by atoms with Gasteiger partial charge in [0.05, 0.1) is 11.7 Å². The highest BCUT2D eigenvalue weighted by atomic mass is 16.3. The van der Waals surface area contributed by atoms with Crippen LogP contribution in [0.25, 0.3) is 0 Å². The molecule has 8 nitrogen and oxygen atoms in total. The maximum absolute atomic E-state index is 12.6. The van der Waals surface area contributed by atoms with Crippen LogP contribution in [0.2, 0.25) is 0 Å². The molecule has 144 valence electrons. The Hall–Kier alpha value is -2.16. The zero-order chi connectivity index (χ0) is 19.2. The molecular weight excluding hydrogens is 350 g/mol. The molecule has 2 aliphatic heterocycles. The molecule has 5 rings (SSSR count). The monoisotopic (exact) mass is 373 g/mol. The summed E-state index contributed by atoms with van der Waals surface area (Å²) in [5.74, 6) is -0.451. The maximum atomic E-state index is 12.6. The highest BCUT2D eigenvalue weighted by Crippen LogP contribution is 2.72. The molecule has 3 amide bonds. The first kappa shape index (κ1) is 17.0. The highest BCUT2D eigenvalue weighted by molar-refractivity contribution is 5.95. The Bertz CT molecular complexity index is 875. The number of likely N-dealkylation sites (N-methyl/N-ethyl adjacent to an activating group) is 1. The number of hydrogen-bond acceptors (Lipinski definition) is 6. The summed E-state index contributed by atoms with van der Waals surface area (Å²) in [5, 5.41) is 38.3. The zero-order valence-electron chi connectivity index (χ0n) is 15.0. The molecule has 3 fully saturated rings. The number of aliphatic hydroxyl groups is 2. The molecule has 2 aliphatic carbocycles. The number of carbonyl (C=O) groups is 2. The van der Waals surface area contributed by atoms with Gasteiger partial charge in [0, 0.05) is 36.4 Å². The van der Waals surface area contributed by atoms with Crippen molar-refractivity contribution in [2.75, 3.05) is 20.1 Å². The van der Waals surface area contributed by atoms with E-state index in [2.05, 4.69) is 10.6 Å². The van der Waals surface area contributed by atoms with Crippen LogP contribution < -0.4 is 10.6 Å². The van der Waals surface area contributed by atoms with Crippen molar-refractivity contribution in [2.24, 2.45) is 5.41 Å². The number of urea groups is 1. The Labute approximate surface area is 156 Å². The van der Waals surface area contributed by atoms with Crippen LogP contribution >= 0.6 is 0 Å². The second-order valence-electron chi connectivity index (χ2n) is 8.64. The second-order valence-corrected chi connectivity index (χ2v) is 8.64. The maximum Gasteiger partial charge on any atom is 0.321 e. The minimum Gasteiger partial charge on any atom is -0.508 e. The number of aliphatic hydroxyl groups excluding tert-OH is 1. The summed E-state index contributed by atoms with van der Waals surface area (Å²) in [7, 11) is 1.91. The van der Waals surface area contributed by atoms with E-state index in [-0.39, 0.29) is 31.2 Å². The minimum atomic E-state index is -1.32. The summed E-state index contributed by atoms with van der Waals surface area (Å²) >= 11 is 0. The van der Waals surface area contributed by atoms with E-state index in [0.717, 1.165) is 0 Å². The molecular formula is C19H23N3O5. The van der Waals surface area contributed by atoms with Crippen molar-refractivity contribution in [1.29, 1.82) is 0 Å². The van der Waals surface area contributed by atoms with Crippen molar-refractivity contribution in [1.82, 2.24) is 15.5 Å². The number of hydrogen-bond donors (Lipinski definition) is 5. The smallest absolute Gasteiger partial charge is 0.321 e. The van der Waals surface area contributed by atoms with Gasteiger partial charge in [-0.25, -0.2) is 4.79 Å². The van der Waals surface area contributed by atoms with E-state index in [4.69, 9.17) is 0 Å². The Morgan fingerprint density at radius 3 is 2.81 bits per heavy atom. The van der Waals surface area contributed by atoms with Crippen LogP contribution in [-0.4, -0.2) is 63.9 Å². The van der Waals surface area contributed by atoms with Gasteiger partial charge in [-0.3, -0.25) is 15.0 Å². The lowest BCUT2D eigenvalue weighted by atomic mass is 9.59. The van der Waals surface area contributed by atoms with Crippen molar-refractivity contribution in [3.63, 3.8) is 0 Å². The molecule has 2 spiro atoms. The van der Waals surface area contributed by atoms with Crippen LogP contribution in [0.1, 0.15) is 36.5 Å². The van der Waals surface area contributed by atoms with E-state index < -0.39 is 34.5 Å². The molecule has 5 N–H and O–H groups in total. The molecule has 1 saturated carbocycles. The van der Waals surface area contributed by atoms with Gasteiger partial charge in [-0.1, -0.05) is 6.07 Å². The number of fused-ring (bicyclic) bond motifs is 2. The first-order chi connectivity index (χ1) is 12.7. The fourth-order valence-electron chi connectivity index (χ4n) is 6.65. The van der Waals surface area contributed by atoms with Gasteiger partial charge in [0.1, 0.15) is 5.75 Å². The van der Waals surface area contributed by atoms with Gasteiger partial charge < -0.3 is 20.6 Å². The first-order valence-corrected chi connectivity index (χ1v) is 9.25. The molecule has 5 atom stereocenters. The normalized spacial score (nSPS) is 43.1. The number of nitrogens with zero attached hydrogens (tertiary/aromatic N) is 1. The molecule has 1 aromatic carbocycles. The summed E-state index contributed by atoms with van der Waals surface area (Å²) < 4.78 is 0. The van der Waals surface area contributed by atoms with Crippen molar-refractivity contribution >= 4 is 11.9 Å². The predicted octanol–water partition coefficient (Wildman–Crippen LogP) is -0.268. The number of benzene rings is 1. The average Bonchev–Trinajstić information content (AvgIpc) is 2.74. The number of phenolic OH excluding ortho intramolecular Hbond substituents is 1. The third-order valence-corrected chi connectivity index (χ3v) is 7.34. The van der Waals surface area contributed by atoms with E-state index in [0.29, 0.717) is 24.1 Å². The molecule has 8 heteroatoms. The molecule has 2 heterocycles. The van der Waals surface area contributed by atoms with Gasteiger partial charge in [0.25, 0.3) is 0 Å². The number of rotatable bonds is 0. The van der Waals surface area contributed by atoms with Crippen molar-refractivity contribution in [2.45, 2.75) is 42.4 Å². The van der Waals surface area contributed by atoms with E-state index in [1.807, 2.05) is 11.9 Å². The largest absolute Gasteiger partial charge is 0.508 e. The number of likely N-dealkylation sites (tertiary alicyclic amines) is 1. The fourth-order valence-corrected chi connectivity index (χ4v) is 6.65. The molecule has 4 aliphatic rings. The Balaban J connectivity index is 1.78. The first-order valence-electron chi connectivity index (χ1n) is 9.25. The quantitative estimate of drug-likeness (QED) is 0.427. The van der Waals surface area contributed by atoms with Gasteiger partial charge in [0.15, 0.2) is 0 Å². The third-order valence-electron chi connectivity index (χ3n) is 7.34. The lowest BCUT2D eigenvalue weighted by Crippen LogP contribution is -2.70.